The number of primary sulfonamides is 1. The van der Waals surface area contributed by atoms with E-state index < -0.39 is 10.0 Å². The van der Waals surface area contributed by atoms with Gasteiger partial charge in [0.1, 0.15) is 0 Å². The molecular weight excluding hydrogens is 192 g/mol. The van der Waals surface area contributed by atoms with Crippen molar-refractivity contribution in [2.24, 2.45) is 5.14 Å². The van der Waals surface area contributed by atoms with E-state index in [-0.39, 0.29) is 18.5 Å². The molecule has 1 heterocycles. The van der Waals surface area contributed by atoms with Gasteiger partial charge in [0.05, 0.1) is 12.5 Å². The van der Waals surface area contributed by atoms with Gasteiger partial charge in [0.2, 0.25) is 10.0 Å². The van der Waals surface area contributed by atoms with Gasteiger partial charge in [-0.25, -0.2) is 13.6 Å². The van der Waals surface area contributed by atoms with Crippen LogP contribution >= 0.6 is 0 Å². The molecule has 1 atom stereocenters. The van der Waals surface area contributed by atoms with Gasteiger partial charge in [0, 0.05) is 12.6 Å². The summed E-state index contributed by atoms with van der Waals surface area (Å²) < 4.78 is 21.7. The lowest BCUT2D eigenvalue weighted by Gasteiger charge is -2.33. The Morgan fingerprint density at radius 2 is 2.15 bits per heavy atom. The highest BCUT2D eigenvalue weighted by Gasteiger charge is 2.24. The molecule has 1 aliphatic rings. The predicted molar refractivity (Wildman–Crippen MR) is 49.4 cm³/mol. The zero-order chi connectivity index (χ0) is 9.90. The molecule has 1 unspecified atom stereocenters. The highest BCUT2D eigenvalue weighted by atomic mass is 32.2. The number of likely N-dealkylation sites (tertiary alicyclic amines) is 1. The van der Waals surface area contributed by atoms with E-state index in [1.54, 1.807) is 4.90 Å². The summed E-state index contributed by atoms with van der Waals surface area (Å²) in [5.41, 5.74) is 0. The molecule has 0 bridgehead atoms. The third kappa shape index (κ3) is 3.60. The smallest absolute Gasteiger partial charge is 0.210 e. The van der Waals surface area contributed by atoms with Crippen molar-refractivity contribution in [1.82, 2.24) is 4.90 Å². The number of aliphatic hydroxyl groups excluding tert-OH is 1. The molecule has 0 aromatic heterocycles. The molecule has 0 aliphatic carbocycles. The lowest BCUT2D eigenvalue weighted by molar-refractivity contribution is 0.0529. The Morgan fingerprint density at radius 3 is 2.69 bits per heavy atom. The molecule has 0 amide bonds. The van der Waals surface area contributed by atoms with Gasteiger partial charge in [0.15, 0.2) is 0 Å². The van der Waals surface area contributed by atoms with Gasteiger partial charge < -0.3 is 5.11 Å². The Hall–Kier alpha value is -0.170. The molecule has 78 valence electrons. The van der Waals surface area contributed by atoms with Crippen LogP contribution in [-0.4, -0.2) is 43.5 Å². The molecule has 1 saturated heterocycles. The van der Waals surface area contributed by atoms with Crippen molar-refractivity contribution in [2.45, 2.75) is 25.3 Å². The van der Waals surface area contributed by atoms with Gasteiger partial charge in [-0.1, -0.05) is 6.42 Å². The first kappa shape index (κ1) is 10.9. The maximum atomic E-state index is 10.8. The van der Waals surface area contributed by atoms with E-state index in [9.17, 15) is 8.42 Å². The number of sulfonamides is 1. The van der Waals surface area contributed by atoms with Crippen LogP contribution in [0.15, 0.2) is 0 Å². The normalized spacial score (nSPS) is 26.2. The summed E-state index contributed by atoms with van der Waals surface area (Å²) in [5.74, 6) is -0.0481. The van der Waals surface area contributed by atoms with Crippen LogP contribution in [0.3, 0.4) is 0 Å². The maximum Gasteiger partial charge on any atom is 0.210 e. The summed E-state index contributed by atoms with van der Waals surface area (Å²) in [6.45, 7) is 0.677. The molecule has 1 fully saturated rings. The standard InChI is InChI=1S/C7H16N2O3S/c8-13(11,12)5-7-3-1-2-4-9(7)6-10/h7,10H,1-6H2,(H2,8,11,12). The highest BCUT2D eigenvalue weighted by Crippen LogP contribution is 2.16. The van der Waals surface area contributed by atoms with E-state index in [2.05, 4.69) is 0 Å². The molecule has 5 nitrogen and oxygen atoms in total. The van der Waals surface area contributed by atoms with Gasteiger partial charge in [-0.2, -0.15) is 0 Å². The average Bonchev–Trinajstić information content (AvgIpc) is 2.02. The van der Waals surface area contributed by atoms with Crippen molar-refractivity contribution < 1.29 is 13.5 Å². The van der Waals surface area contributed by atoms with E-state index in [4.69, 9.17) is 10.2 Å². The largest absolute Gasteiger partial charge is 0.381 e. The summed E-state index contributed by atoms with van der Waals surface area (Å²) in [5, 5.41) is 13.9. The van der Waals surface area contributed by atoms with Crippen LogP contribution in [0, 0.1) is 0 Å². The third-order valence-electron chi connectivity index (χ3n) is 2.36. The molecule has 6 heteroatoms. The van der Waals surface area contributed by atoms with Crippen LogP contribution in [0.25, 0.3) is 0 Å². The second kappa shape index (κ2) is 4.36. The number of piperidine rings is 1. The first-order valence-electron chi connectivity index (χ1n) is 4.38. The summed E-state index contributed by atoms with van der Waals surface area (Å²) in [6, 6.07) is -0.103. The fourth-order valence-corrected chi connectivity index (χ4v) is 2.62. The summed E-state index contributed by atoms with van der Waals surface area (Å²) in [4.78, 5) is 1.76. The van der Waals surface area contributed by atoms with Crippen LogP contribution in [0.5, 0.6) is 0 Å². The molecule has 1 aliphatic heterocycles. The van der Waals surface area contributed by atoms with Crippen molar-refractivity contribution >= 4 is 10.0 Å². The molecule has 0 aromatic carbocycles. The first-order valence-corrected chi connectivity index (χ1v) is 6.10. The number of nitrogens with two attached hydrogens (primary N) is 1. The van der Waals surface area contributed by atoms with Crippen molar-refractivity contribution in [3.05, 3.63) is 0 Å². The number of hydrogen-bond donors (Lipinski definition) is 2. The lowest BCUT2D eigenvalue weighted by Crippen LogP contribution is -2.45. The van der Waals surface area contributed by atoms with Gasteiger partial charge in [-0.15, -0.1) is 0 Å². The van der Waals surface area contributed by atoms with Gasteiger partial charge >= 0.3 is 0 Å². The van der Waals surface area contributed by atoms with Crippen LogP contribution in [0.1, 0.15) is 19.3 Å². The molecular formula is C7H16N2O3S. The van der Waals surface area contributed by atoms with E-state index in [1.807, 2.05) is 0 Å². The van der Waals surface area contributed by atoms with Gasteiger partial charge in [-0.05, 0) is 12.8 Å². The molecule has 0 aromatic rings. The van der Waals surface area contributed by atoms with Gasteiger partial charge in [0.25, 0.3) is 0 Å². The van der Waals surface area contributed by atoms with Crippen molar-refractivity contribution in [2.75, 3.05) is 19.0 Å². The second-order valence-corrected chi connectivity index (χ2v) is 5.09. The minimum Gasteiger partial charge on any atom is -0.381 e. The molecule has 13 heavy (non-hydrogen) atoms. The quantitative estimate of drug-likeness (QED) is 0.628. The predicted octanol–water partition coefficient (Wildman–Crippen LogP) is -0.921. The van der Waals surface area contributed by atoms with Crippen molar-refractivity contribution in [3.8, 4) is 0 Å². The average molecular weight is 208 g/mol. The highest BCUT2D eigenvalue weighted by molar-refractivity contribution is 7.89. The van der Waals surface area contributed by atoms with Crippen molar-refractivity contribution in [3.63, 3.8) is 0 Å². The van der Waals surface area contributed by atoms with E-state index in [0.29, 0.717) is 0 Å². The third-order valence-corrected chi connectivity index (χ3v) is 3.20. The Bertz CT molecular complexity index is 252. The Balaban J connectivity index is 2.55. The molecule has 0 spiro atoms. The second-order valence-electron chi connectivity index (χ2n) is 3.43. The zero-order valence-corrected chi connectivity index (χ0v) is 8.33. The first-order chi connectivity index (χ1) is 6.03. The number of hydrogen-bond acceptors (Lipinski definition) is 4. The molecule has 1 rings (SSSR count). The lowest BCUT2D eigenvalue weighted by atomic mass is 10.0. The zero-order valence-electron chi connectivity index (χ0n) is 7.52. The molecule has 0 radical (unpaired) electrons. The van der Waals surface area contributed by atoms with E-state index in [1.165, 1.54) is 0 Å². The van der Waals surface area contributed by atoms with E-state index >= 15 is 0 Å². The fraction of sp³-hybridized carbons (Fsp3) is 1.00. The van der Waals surface area contributed by atoms with Crippen LogP contribution in [0.4, 0.5) is 0 Å². The number of rotatable bonds is 3. The fourth-order valence-electron chi connectivity index (χ4n) is 1.70. The number of nitrogens with zero attached hydrogens (tertiary/aromatic N) is 1. The van der Waals surface area contributed by atoms with Crippen LogP contribution < -0.4 is 5.14 Å². The summed E-state index contributed by atoms with van der Waals surface area (Å²) in [7, 11) is -3.42. The SMILES string of the molecule is NS(=O)(=O)CC1CCCCN1CO. The minimum absolute atomic E-state index is 0.0481. The maximum absolute atomic E-state index is 10.8. The molecule has 3 N–H and O–H groups in total. The van der Waals surface area contributed by atoms with Crippen LogP contribution in [0.2, 0.25) is 0 Å². The summed E-state index contributed by atoms with van der Waals surface area (Å²) >= 11 is 0. The minimum atomic E-state index is -3.42. The Morgan fingerprint density at radius 1 is 1.46 bits per heavy atom. The van der Waals surface area contributed by atoms with Crippen LogP contribution in [-0.2, 0) is 10.0 Å². The summed E-state index contributed by atoms with van der Waals surface area (Å²) in [6.07, 6.45) is 2.83. The topological polar surface area (TPSA) is 83.6 Å². The Labute approximate surface area is 78.6 Å². The number of aliphatic hydroxyl groups is 1. The molecule has 0 saturated carbocycles. The van der Waals surface area contributed by atoms with E-state index in [0.717, 1.165) is 25.8 Å². The van der Waals surface area contributed by atoms with Crippen molar-refractivity contribution in [1.29, 1.82) is 0 Å². The monoisotopic (exact) mass is 208 g/mol. The van der Waals surface area contributed by atoms with Gasteiger partial charge in [-0.3, -0.25) is 4.90 Å². The Kier molecular flexibility index (Phi) is 3.66.